The highest BCUT2D eigenvalue weighted by molar-refractivity contribution is 5.68. The number of nitrogens with zero attached hydrogens (tertiary/aromatic N) is 1. The third kappa shape index (κ3) is 4.92. The number of pyridine rings is 1. The Morgan fingerprint density at radius 2 is 1.95 bits per heavy atom. The molecule has 116 valence electrons. The van der Waals surface area contributed by atoms with E-state index in [4.69, 9.17) is 10.5 Å². The predicted octanol–water partition coefficient (Wildman–Crippen LogP) is 3.21. The van der Waals surface area contributed by atoms with Crippen LogP contribution in [0.1, 0.15) is 57.9 Å². The molecule has 0 aromatic carbocycles. The molecule has 1 fully saturated rings. The number of hydrogen-bond donors (Lipinski definition) is 2. The van der Waals surface area contributed by atoms with Crippen LogP contribution < -0.4 is 11.1 Å². The molecule has 1 aliphatic carbocycles. The van der Waals surface area contributed by atoms with Gasteiger partial charge in [0.1, 0.15) is 11.4 Å². The van der Waals surface area contributed by atoms with Crippen LogP contribution in [0.15, 0.2) is 18.3 Å². The Bertz CT molecular complexity index is 471. The molecular formula is C16H25N3O2. The minimum atomic E-state index is -0.447. The lowest BCUT2D eigenvalue weighted by molar-refractivity contribution is 0.0491. The number of amides is 1. The van der Waals surface area contributed by atoms with Crippen molar-refractivity contribution in [2.24, 2.45) is 0 Å². The number of nitrogens with one attached hydrogen (secondary N) is 1. The van der Waals surface area contributed by atoms with Crippen LogP contribution in [0.25, 0.3) is 0 Å². The number of nitrogens with two attached hydrogens (primary N) is 1. The van der Waals surface area contributed by atoms with E-state index in [1.807, 2.05) is 33.0 Å². The van der Waals surface area contributed by atoms with E-state index in [1.165, 1.54) is 5.56 Å². The lowest BCUT2D eigenvalue weighted by atomic mass is 9.82. The lowest BCUT2D eigenvalue weighted by Crippen LogP contribution is -2.40. The molecule has 21 heavy (non-hydrogen) atoms. The summed E-state index contributed by atoms with van der Waals surface area (Å²) in [5.41, 5.74) is 6.40. The van der Waals surface area contributed by atoms with Crippen molar-refractivity contribution in [2.45, 2.75) is 64.0 Å². The van der Waals surface area contributed by atoms with Gasteiger partial charge in [0.05, 0.1) is 0 Å². The van der Waals surface area contributed by atoms with Crippen molar-refractivity contribution < 1.29 is 9.53 Å². The molecule has 0 radical (unpaired) electrons. The summed E-state index contributed by atoms with van der Waals surface area (Å²) in [6, 6.07) is 4.10. The normalized spacial score (nSPS) is 22.6. The van der Waals surface area contributed by atoms with Crippen molar-refractivity contribution in [3.63, 3.8) is 0 Å². The first-order valence-electron chi connectivity index (χ1n) is 7.54. The molecule has 0 spiro atoms. The molecule has 5 nitrogen and oxygen atoms in total. The van der Waals surface area contributed by atoms with Gasteiger partial charge >= 0.3 is 6.09 Å². The molecule has 0 aliphatic heterocycles. The van der Waals surface area contributed by atoms with Gasteiger partial charge in [-0.15, -0.1) is 0 Å². The van der Waals surface area contributed by atoms with Gasteiger partial charge in [-0.1, -0.05) is 6.07 Å². The first kappa shape index (κ1) is 15.6. The molecule has 1 aliphatic rings. The molecule has 1 saturated carbocycles. The van der Waals surface area contributed by atoms with Crippen molar-refractivity contribution in [1.82, 2.24) is 10.3 Å². The van der Waals surface area contributed by atoms with Crippen LogP contribution in [0.2, 0.25) is 0 Å². The number of rotatable bonds is 2. The van der Waals surface area contributed by atoms with E-state index in [0.29, 0.717) is 11.7 Å². The van der Waals surface area contributed by atoms with E-state index in [9.17, 15) is 4.79 Å². The second-order valence-electron chi connectivity index (χ2n) is 6.71. The summed E-state index contributed by atoms with van der Waals surface area (Å²) >= 11 is 0. The maximum absolute atomic E-state index is 11.8. The van der Waals surface area contributed by atoms with Crippen LogP contribution in [0.3, 0.4) is 0 Å². The highest BCUT2D eigenvalue weighted by Crippen LogP contribution is 2.32. The minimum absolute atomic E-state index is 0.206. The fraction of sp³-hybridized carbons (Fsp3) is 0.625. The molecule has 3 N–H and O–H groups in total. The number of anilines is 1. The SMILES string of the molecule is CC(C)(C)OC(=O)NC1CCC(c2ccc(N)nc2)CC1. The smallest absolute Gasteiger partial charge is 0.407 e. The topological polar surface area (TPSA) is 77.2 Å². The molecule has 0 saturated heterocycles. The number of hydrogen-bond acceptors (Lipinski definition) is 4. The van der Waals surface area contributed by atoms with Crippen LogP contribution in [-0.2, 0) is 4.74 Å². The van der Waals surface area contributed by atoms with E-state index < -0.39 is 5.60 Å². The zero-order valence-corrected chi connectivity index (χ0v) is 13.1. The van der Waals surface area contributed by atoms with Gasteiger partial charge in [0.25, 0.3) is 0 Å². The van der Waals surface area contributed by atoms with Gasteiger partial charge in [-0.25, -0.2) is 9.78 Å². The number of alkyl carbamates (subject to hydrolysis) is 1. The number of ether oxygens (including phenoxy) is 1. The average molecular weight is 291 g/mol. The summed E-state index contributed by atoms with van der Waals surface area (Å²) in [5, 5.41) is 2.96. The highest BCUT2D eigenvalue weighted by atomic mass is 16.6. The fourth-order valence-corrected chi connectivity index (χ4v) is 2.70. The van der Waals surface area contributed by atoms with Gasteiger partial charge in [-0.3, -0.25) is 0 Å². The Morgan fingerprint density at radius 3 is 2.48 bits per heavy atom. The fourth-order valence-electron chi connectivity index (χ4n) is 2.70. The summed E-state index contributed by atoms with van der Waals surface area (Å²) in [7, 11) is 0. The highest BCUT2D eigenvalue weighted by Gasteiger charge is 2.25. The Hall–Kier alpha value is -1.78. The minimum Gasteiger partial charge on any atom is -0.444 e. The second-order valence-corrected chi connectivity index (χ2v) is 6.71. The maximum atomic E-state index is 11.8. The third-order valence-electron chi connectivity index (χ3n) is 3.73. The van der Waals surface area contributed by atoms with Crippen molar-refractivity contribution in [2.75, 3.05) is 5.73 Å². The van der Waals surface area contributed by atoms with Crippen molar-refractivity contribution >= 4 is 11.9 Å². The molecular weight excluding hydrogens is 266 g/mol. The van der Waals surface area contributed by atoms with Gasteiger partial charge in [-0.2, -0.15) is 0 Å². The number of nitrogen functional groups attached to an aromatic ring is 1. The molecule has 0 unspecified atom stereocenters. The second kappa shape index (κ2) is 6.33. The Kier molecular flexibility index (Phi) is 4.70. The summed E-state index contributed by atoms with van der Waals surface area (Å²) in [6.07, 6.45) is 5.57. The summed E-state index contributed by atoms with van der Waals surface area (Å²) < 4.78 is 5.29. The van der Waals surface area contributed by atoms with E-state index in [0.717, 1.165) is 25.7 Å². The molecule has 5 heteroatoms. The van der Waals surface area contributed by atoms with Crippen molar-refractivity contribution in [3.05, 3.63) is 23.9 Å². The summed E-state index contributed by atoms with van der Waals surface area (Å²) in [6.45, 7) is 5.62. The van der Waals surface area contributed by atoms with Crippen LogP contribution in [0.5, 0.6) is 0 Å². The van der Waals surface area contributed by atoms with E-state index in [-0.39, 0.29) is 12.1 Å². The van der Waals surface area contributed by atoms with Gasteiger partial charge in [-0.05, 0) is 64.0 Å². The molecule has 0 bridgehead atoms. The largest absolute Gasteiger partial charge is 0.444 e. The Labute approximate surface area is 126 Å². The van der Waals surface area contributed by atoms with Gasteiger partial charge < -0.3 is 15.8 Å². The van der Waals surface area contributed by atoms with Crippen molar-refractivity contribution in [3.8, 4) is 0 Å². The molecule has 1 aromatic rings. The monoisotopic (exact) mass is 291 g/mol. The number of aromatic nitrogens is 1. The van der Waals surface area contributed by atoms with Crippen LogP contribution in [-0.4, -0.2) is 22.7 Å². The summed E-state index contributed by atoms with van der Waals surface area (Å²) in [5.74, 6) is 1.06. The third-order valence-corrected chi connectivity index (χ3v) is 3.73. The first-order chi connectivity index (χ1) is 9.83. The summed E-state index contributed by atoms with van der Waals surface area (Å²) in [4.78, 5) is 15.9. The van der Waals surface area contributed by atoms with Crippen LogP contribution in [0, 0.1) is 0 Å². The van der Waals surface area contributed by atoms with Crippen LogP contribution >= 0.6 is 0 Å². The predicted molar refractivity (Wildman–Crippen MR) is 83.0 cm³/mol. The molecule has 1 amide bonds. The quantitative estimate of drug-likeness (QED) is 0.877. The average Bonchev–Trinajstić information content (AvgIpc) is 2.38. The lowest BCUT2D eigenvalue weighted by Gasteiger charge is -2.30. The van der Waals surface area contributed by atoms with Gasteiger partial charge in [0.2, 0.25) is 0 Å². The van der Waals surface area contributed by atoms with Gasteiger partial charge in [0.15, 0.2) is 0 Å². The number of carbonyl (C=O) groups excluding carboxylic acids is 1. The van der Waals surface area contributed by atoms with Crippen LogP contribution in [0.4, 0.5) is 10.6 Å². The number of carbonyl (C=O) groups is 1. The standard InChI is InChI=1S/C16H25N3O2/c1-16(2,3)21-15(20)19-13-7-4-11(5-8-13)12-6-9-14(17)18-10-12/h6,9-11,13H,4-5,7-8H2,1-3H3,(H2,17,18)(H,19,20). The van der Waals surface area contributed by atoms with E-state index >= 15 is 0 Å². The maximum Gasteiger partial charge on any atom is 0.407 e. The molecule has 1 aromatic heterocycles. The zero-order chi connectivity index (χ0) is 15.5. The Balaban J connectivity index is 1.80. The molecule has 2 rings (SSSR count). The van der Waals surface area contributed by atoms with Gasteiger partial charge in [0, 0.05) is 12.2 Å². The van der Waals surface area contributed by atoms with E-state index in [1.54, 1.807) is 0 Å². The van der Waals surface area contributed by atoms with Crippen molar-refractivity contribution in [1.29, 1.82) is 0 Å². The zero-order valence-electron chi connectivity index (χ0n) is 13.1. The van der Waals surface area contributed by atoms with E-state index in [2.05, 4.69) is 16.4 Å². The first-order valence-corrected chi connectivity index (χ1v) is 7.54. The Morgan fingerprint density at radius 1 is 1.29 bits per heavy atom. The molecule has 0 atom stereocenters. The molecule has 1 heterocycles.